The number of carbonyl (C=O) groups is 1. The standard InChI is InChI=1S/C23H29N3O2S/c1-13(2)20-25-21-19(22(28)26(20)12-11-17(24)27)18(14(3)29-21)15-7-9-16(10-8-15)23(4,5)6/h7-10,13H,11-12H2,1-6H3,(H2,24,27). The topological polar surface area (TPSA) is 78.0 Å². The number of rotatable bonds is 5. The van der Waals surface area contributed by atoms with E-state index in [1.807, 2.05) is 20.8 Å². The lowest BCUT2D eigenvalue weighted by Crippen LogP contribution is -2.28. The zero-order chi connectivity index (χ0) is 21.5. The van der Waals surface area contributed by atoms with Gasteiger partial charge in [0, 0.05) is 29.3 Å². The van der Waals surface area contributed by atoms with Gasteiger partial charge in [0.05, 0.1) is 5.39 Å². The van der Waals surface area contributed by atoms with Gasteiger partial charge in [0.2, 0.25) is 5.91 Å². The van der Waals surface area contributed by atoms with Crippen molar-refractivity contribution in [2.24, 2.45) is 5.73 Å². The van der Waals surface area contributed by atoms with Crippen LogP contribution < -0.4 is 11.3 Å². The third-order valence-electron chi connectivity index (χ3n) is 5.16. The zero-order valence-electron chi connectivity index (χ0n) is 18.0. The fraction of sp³-hybridized carbons (Fsp3) is 0.435. The van der Waals surface area contributed by atoms with E-state index in [4.69, 9.17) is 10.7 Å². The smallest absolute Gasteiger partial charge is 0.262 e. The number of benzene rings is 1. The van der Waals surface area contributed by atoms with Crippen LogP contribution in [0.5, 0.6) is 0 Å². The molecular weight excluding hydrogens is 382 g/mol. The molecule has 0 aliphatic carbocycles. The van der Waals surface area contributed by atoms with Crippen LogP contribution >= 0.6 is 11.3 Å². The van der Waals surface area contributed by atoms with Gasteiger partial charge in [-0.05, 0) is 23.5 Å². The van der Waals surface area contributed by atoms with Crippen LogP contribution in [0.4, 0.5) is 0 Å². The van der Waals surface area contributed by atoms with Crippen molar-refractivity contribution in [2.75, 3.05) is 0 Å². The minimum absolute atomic E-state index is 0.0666. The van der Waals surface area contributed by atoms with Gasteiger partial charge in [0.25, 0.3) is 5.56 Å². The molecule has 0 aliphatic heterocycles. The fourth-order valence-corrected chi connectivity index (χ4v) is 4.62. The first kappa shape index (κ1) is 21.2. The number of aromatic nitrogens is 2. The van der Waals surface area contributed by atoms with E-state index in [2.05, 4.69) is 45.0 Å². The Bertz CT molecular complexity index is 1120. The molecule has 6 heteroatoms. The number of nitrogens with zero attached hydrogens (tertiary/aromatic N) is 2. The van der Waals surface area contributed by atoms with Crippen molar-refractivity contribution in [3.05, 3.63) is 50.9 Å². The van der Waals surface area contributed by atoms with Crippen LogP contribution in [0.3, 0.4) is 0 Å². The van der Waals surface area contributed by atoms with Crippen molar-refractivity contribution in [1.29, 1.82) is 0 Å². The number of aryl methyl sites for hydroxylation is 1. The molecule has 0 bridgehead atoms. The number of hydrogen-bond donors (Lipinski definition) is 1. The summed E-state index contributed by atoms with van der Waals surface area (Å²) >= 11 is 1.55. The molecule has 5 nitrogen and oxygen atoms in total. The summed E-state index contributed by atoms with van der Waals surface area (Å²) in [5, 5.41) is 0.630. The highest BCUT2D eigenvalue weighted by Crippen LogP contribution is 2.37. The van der Waals surface area contributed by atoms with Crippen LogP contribution in [0, 0.1) is 6.92 Å². The number of primary amides is 1. The first-order valence-electron chi connectivity index (χ1n) is 9.93. The number of hydrogen-bond acceptors (Lipinski definition) is 4. The Morgan fingerprint density at radius 2 is 1.83 bits per heavy atom. The molecule has 0 fully saturated rings. The summed E-state index contributed by atoms with van der Waals surface area (Å²) in [6, 6.07) is 8.41. The van der Waals surface area contributed by atoms with Gasteiger partial charge in [-0.3, -0.25) is 14.2 Å². The third kappa shape index (κ3) is 4.13. The van der Waals surface area contributed by atoms with Gasteiger partial charge in [-0.25, -0.2) is 4.98 Å². The summed E-state index contributed by atoms with van der Waals surface area (Å²) < 4.78 is 1.62. The first-order chi connectivity index (χ1) is 13.5. The number of thiophene rings is 1. The molecule has 3 rings (SSSR count). The van der Waals surface area contributed by atoms with Crippen molar-refractivity contribution in [1.82, 2.24) is 9.55 Å². The van der Waals surface area contributed by atoms with E-state index in [9.17, 15) is 9.59 Å². The van der Waals surface area contributed by atoms with E-state index < -0.39 is 5.91 Å². The van der Waals surface area contributed by atoms with Gasteiger partial charge in [0.1, 0.15) is 10.7 Å². The maximum Gasteiger partial charge on any atom is 0.262 e. The van der Waals surface area contributed by atoms with Crippen molar-refractivity contribution in [3.8, 4) is 11.1 Å². The largest absolute Gasteiger partial charge is 0.370 e. The Labute approximate surface area is 175 Å². The average molecular weight is 412 g/mol. The van der Waals surface area contributed by atoms with Gasteiger partial charge in [-0.15, -0.1) is 11.3 Å². The highest BCUT2D eigenvalue weighted by atomic mass is 32.1. The highest BCUT2D eigenvalue weighted by molar-refractivity contribution is 7.19. The molecule has 0 saturated heterocycles. The van der Waals surface area contributed by atoms with Crippen LogP contribution in [0.25, 0.3) is 21.3 Å². The molecule has 0 saturated carbocycles. The lowest BCUT2D eigenvalue weighted by molar-refractivity contribution is -0.118. The maximum atomic E-state index is 13.5. The van der Waals surface area contributed by atoms with Crippen molar-refractivity contribution >= 4 is 27.5 Å². The average Bonchev–Trinajstić information content (AvgIpc) is 2.96. The van der Waals surface area contributed by atoms with E-state index in [0.29, 0.717) is 11.2 Å². The highest BCUT2D eigenvalue weighted by Gasteiger charge is 2.22. The normalized spacial score (nSPS) is 12.1. The Hall–Kier alpha value is -2.47. The molecule has 0 radical (unpaired) electrons. The van der Waals surface area contributed by atoms with E-state index in [1.165, 1.54) is 5.56 Å². The summed E-state index contributed by atoms with van der Waals surface area (Å²) in [4.78, 5) is 31.4. The van der Waals surface area contributed by atoms with Gasteiger partial charge >= 0.3 is 0 Å². The summed E-state index contributed by atoms with van der Waals surface area (Å²) in [6.45, 7) is 12.8. The summed E-state index contributed by atoms with van der Waals surface area (Å²) in [7, 11) is 0. The molecule has 0 unspecified atom stereocenters. The van der Waals surface area contributed by atoms with Crippen molar-refractivity contribution < 1.29 is 4.79 Å². The predicted octanol–water partition coefficient (Wildman–Crippen LogP) is 4.73. The van der Waals surface area contributed by atoms with Gasteiger partial charge < -0.3 is 5.73 Å². The first-order valence-corrected chi connectivity index (χ1v) is 10.8. The summed E-state index contributed by atoms with van der Waals surface area (Å²) in [5.74, 6) is 0.336. The van der Waals surface area contributed by atoms with Crippen LogP contribution in [-0.4, -0.2) is 15.5 Å². The molecule has 1 aromatic carbocycles. The zero-order valence-corrected chi connectivity index (χ0v) is 18.8. The summed E-state index contributed by atoms with van der Waals surface area (Å²) in [5.41, 5.74) is 8.50. The maximum absolute atomic E-state index is 13.5. The second kappa shape index (κ2) is 7.75. The molecule has 154 valence electrons. The minimum Gasteiger partial charge on any atom is -0.370 e. The summed E-state index contributed by atoms with van der Waals surface area (Å²) in [6.07, 6.45) is 0.117. The number of fused-ring (bicyclic) bond motifs is 1. The van der Waals surface area contributed by atoms with Crippen LogP contribution in [-0.2, 0) is 16.8 Å². The molecule has 0 aliphatic rings. The predicted molar refractivity (Wildman–Crippen MR) is 121 cm³/mol. The second-order valence-corrected chi connectivity index (χ2v) is 10.0. The third-order valence-corrected chi connectivity index (χ3v) is 6.15. The fourth-order valence-electron chi connectivity index (χ4n) is 3.57. The number of nitrogens with two attached hydrogens (primary N) is 1. The Balaban J connectivity index is 2.23. The number of amides is 1. The lowest BCUT2D eigenvalue weighted by atomic mass is 9.86. The van der Waals surface area contributed by atoms with Crippen molar-refractivity contribution in [3.63, 3.8) is 0 Å². The van der Waals surface area contributed by atoms with E-state index in [1.54, 1.807) is 15.9 Å². The molecule has 1 amide bonds. The minimum atomic E-state index is -0.425. The van der Waals surface area contributed by atoms with Crippen LogP contribution in [0.2, 0.25) is 0 Å². The SMILES string of the molecule is Cc1sc2nc(C(C)C)n(CCC(N)=O)c(=O)c2c1-c1ccc(C(C)(C)C)cc1. The van der Waals surface area contributed by atoms with Crippen LogP contribution in [0.15, 0.2) is 29.1 Å². The van der Waals surface area contributed by atoms with Gasteiger partial charge in [-0.1, -0.05) is 58.9 Å². The quantitative estimate of drug-likeness (QED) is 0.659. The molecular formula is C23H29N3O2S. The van der Waals surface area contributed by atoms with E-state index in [0.717, 1.165) is 20.8 Å². The Morgan fingerprint density at radius 1 is 1.21 bits per heavy atom. The number of carbonyl (C=O) groups excluding carboxylic acids is 1. The molecule has 2 N–H and O–H groups in total. The Kier molecular flexibility index (Phi) is 5.68. The Morgan fingerprint density at radius 3 is 2.34 bits per heavy atom. The molecule has 0 atom stereocenters. The van der Waals surface area contributed by atoms with Crippen LogP contribution in [0.1, 0.15) is 63.2 Å². The molecule has 3 aromatic rings. The second-order valence-electron chi connectivity index (χ2n) is 8.84. The molecule has 0 spiro atoms. The van der Waals surface area contributed by atoms with Gasteiger partial charge in [-0.2, -0.15) is 0 Å². The molecule has 2 aromatic heterocycles. The van der Waals surface area contributed by atoms with Crippen molar-refractivity contribution in [2.45, 2.75) is 65.8 Å². The van der Waals surface area contributed by atoms with E-state index in [-0.39, 0.29) is 29.9 Å². The molecule has 29 heavy (non-hydrogen) atoms. The van der Waals surface area contributed by atoms with E-state index >= 15 is 0 Å². The lowest BCUT2D eigenvalue weighted by Gasteiger charge is -2.19. The van der Waals surface area contributed by atoms with Gasteiger partial charge in [0.15, 0.2) is 0 Å². The monoisotopic (exact) mass is 411 g/mol. The molecule has 2 heterocycles.